The van der Waals surface area contributed by atoms with Crippen LogP contribution in [-0.4, -0.2) is 6.69 Å². The second-order valence-electron chi connectivity index (χ2n) is 1.67. The molecule has 0 aromatic rings. The van der Waals surface area contributed by atoms with Crippen molar-refractivity contribution in [2.75, 3.05) is 0 Å². The van der Waals surface area contributed by atoms with Crippen LogP contribution in [0.1, 0.15) is 6.42 Å². The molecule has 0 amide bonds. The standard InChI is InChI=1S/C4H9Cl2Si/c1-3-4-7(2,5)6/h1,3-4H2,2H3. The van der Waals surface area contributed by atoms with Crippen molar-refractivity contribution in [2.45, 2.75) is 19.0 Å². The van der Waals surface area contributed by atoms with E-state index in [0.29, 0.717) is 0 Å². The van der Waals surface area contributed by atoms with Crippen molar-refractivity contribution >= 4 is 28.9 Å². The van der Waals surface area contributed by atoms with E-state index in [2.05, 4.69) is 6.92 Å². The molecule has 0 aromatic carbocycles. The molecule has 0 N–H and O–H groups in total. The van der Waals surface area contributed by atoms with Crippen molar-refractivity contribution in [2.24, 2.45) is 0 Å². The summed E-state index contributed by atoms with van der Waals surface area (Å²) in [4.78, 5) is 0. The molecule has 43 valence electrons. The number of hydrogen-bond donors (Lipinski definition) is 0. The van der Waals surface area contributed by atoms with Gasteiger partial charge in [0.05, 0.1) is 0 Å². The lowest BCUT2D eigenvalue weighted by atomic mass is 10.6. The van der Waals surface area contributed by atoms with Gasteiger partial charge in [-0.25, -0.2) is 0 Å². The highest BCUT2D eigenvalue weighted by Gasteiger charge is 2.17. The zero-order valence-corrected chi connectivity index (χ0v) is 6.89. The third kappa shape index (κ3) is 6.80. The van der Waals surface area contributed by atoms with E-state index in [9.17, 15) is 0 Å². The Hall–Kier alpha value is 0.797. The SMILES string of the molecule is [CH2]CC[Si](C)(Cl)Cl. The van der Waals surface area contributed by atoms with Crippen molar-refractivity contribution in [1.29, 1.82) is 0 Å². The van der Waals surface area contributed by atoms with Gasteiger partial charge in [0.15, 0.2) is 0 Å². The topological polar surface area (TPSA) is 0 Å². The smallest absolute Gasteiger partial charge is 0.146 e. The highest BCUT2D eigenvalue weighted by atomic mass is 35.7. The third-order valence-electron chi connectivity index (χ3n) is 0.616. The summed E-state index contributed by atoms with van der Waals surface area (Å²) in [6.45, 7) is 3.77. The summed E-state index contributed by atoms with van der Waals surface area (Å²) >= 11 is 11.4. The quantitative estimate of drug-likeness (QED) is 0.426. The van der Waals surface area contributed by atoms with E-state index in [1.165, 1.54) is 0 Å². The highest BCUT2D eigenvalue weighted by molar-refractivity contribution is 7.44. The summed E-state index contributed by atoms with van der Waals surface area (Å²) in [5, 5.41) is 0. The van der Waals surface area contributed by atoms with Crippen LogP contribution >= 0.6 is 22.2 Å². The molecule has 0 rings (SSSR count). The zero-order valence-electron chi connectivity index (χ0n) is 4.38. The van der Waals surface area contributed by atoms with Crippen LogP contribution < -0.4 is 0 Å². The minimum Gasteiger partial charge on any atom is -0.146 e. The van der Waals surface area contributed by atoms with E-state index < -0.39 is 6.69 Å². The van der Waals surface area contributed by atoms with Crippen LogP contribution in [0.4, 0.5) is 0 Å². The van der Waals surface area contributed by atoms with Crippen LogP contribution in [0.3, 0.4) is 0 Å². The van der Waals surface area contributed by atoms with Gasteiger partial charge in [0.1, 0.15) is 0 Å². The van der Waals surface area contributed by atoms with Gasteiger partial charge < -0.3 is 0 Å². The van der Waals surface area contributed by atoms with E-state index >= 15 is 0 Å². The minimum atomic E-state index is -1.78. The van der Waals surface area contributed by atoms with Crippen LogP contribution in [0.2, 0.25) is 12.6 Å². The van der Waals surface area contributed by atoms with Crippen molar-refractivity contribution in [1.82, 2.24) is 0 Å². The Morgan fingerprint density at radius 3 is 2.00 bits per heavy atom. The molecule has 0 aliphatic rings. The lowest BCUT2D eigenvalue weighted by molar-refractivity contribution is 1.19. The summed E-state index contributed by atoms with van der Waals surface area (Å²) < 4.78 is 0. The van der Waals surface area contributed by atoms with Gasteiger partial charge in [-0.05, 0) is 12.6 Å². The fraction of sp³-hybridized carbons (Fsp3) is 0.750. The van der Waals surface area contributed by atoms with E-state index in [0.717, 1.165) is 12.5 Å². The van der Waals surface area contributed by atoms with Gasteiger partial charge in [0, 0.05) is 0 Å². The van der Waals surface area contributed by atoms with E-state index in [1.807, 2.05) is 6.55 Å². The molecule has 0 aliphatic heterocycles. The minimum absolute atomic E-state index is 0.857. The Balaban J connectivity index is 3.15. The molecule has 7 heavy (non-hydrogen) atoms. The Kier molecular flexibility index (Phi) is 3.29. The fourth-order valence-electron chi connectivity index (χ4n) is 0.310. The van der Waals surface area contributed by atoms with Crippen molar-refractivity contribution in [3.05, 3.63) is 6.92 Å². The summed E-state index contributed by atoms with van der Waals surface area (Å²) in [5.41, 5.74) is 0. The lowest BCUT2D eigenvalue weighted by Gasteiger charge is -2.05. The molecular weight excluding hydrogens is 147 g/mol. The number of halogens is 2. The van der Waals surface area contributed by atoms with Crippen molar-refractivity contribution < 1.29 is 0 Å². The Labute approximate surface area is 55.2 Å². The normalized spacial score (nSPS) is 12.0. The molecule has 0 saturated heterocycles. The summed E-state index contributed by atoms with van der Waals surface area (Å²) in [7, 11) is 0. The largest absolute Gasteiger partial charge is 0.248 e. The maximum Gasteiger partial charge on any atom is 0.248 e. The third-order valence-corrected chi connectivity index (χ3v) is 2.98. The molecule has 0 unspecified atom stereocenters. The molecule has 3 heteroatoms. The summed E-state index contributed by atoms with van der Waals surface area (Å²) in [6, 6.07) is 0.899. The summed E-state index contributed by atoms with van der Waals surface area (Å²) in [6.07, 6.45) is 0.857. The molecule has 0 heterocycles. The average molecular weight is 156 g/mol. The van der Waals surface area contributed by atoms with E-state index in [4.69, 9.17) is 22.2 Å². The predicted octanol–water partition coefficient (Wildman–Crippen LogP) is 2.76. The van der Waals surface area contributed by atoms with Crippen LogP contribution in [0, 0.1) is 6.92 Å². The Bertz CT molecular complexity index is 48.1. The van der Waals surface area contributed by atoms with Gasteiger partial charge in [0.25, 0.3) is 0 Å². The predicted molar refractivity (Wildman–Crippen MR) is 38.1 cm³/mol. The molecule has 0 aromatic heterocycles. The number of rotatable bonds is 2. The second kappa shape index (κ2) is 2.95. The second-order valence-corrected chi connectivity index (χ2v) is 9.90. The highest BCUT2D eigenvalue weighted by Crippen LogP contribution is 2.20. The van der Waals surface area contributed by atoms with Crippen LogP contribution in [0.25, 0.3) is 0 Å². The molecule has 1 radical (unpaired) electrons. The van der Waals surface area contributed by atoms with Crippen LogP contribution in [-0.2, 0) is 0 Å². The Morgan fingerprint density at radius 1 is 1.57 bits per heavy atom. The van der Waals surface area contributed by atoms with E-state index in [1.54, 1.807) is 0 Å². The van der Waals surface area contributed by atoms with Gasteiger partial charge in [0.2, 0.25) is 6.69 Å². The first-order chi connectivity index (χ1) is 3.06. The molecule has 0 nitrogen and oxygen atoms in total. The molecule has 0 saturated carbocycles. The van der Waals surface area contributed by atoms with Crippen molar-refractivity contribution in [3.63, 3.8) is 0 Å². The first kappa shape index (κ1) is 7.80. The molecule has 0 fully saturated rings. The molecule has 0 atom stereocenters. The first-order valence-corrected chi connectivity index (χ1v) is 6.96. The van der Waals surface area contributed by atoms with E-state index in [-0.39, 0.29) is 0 Å². The Morgan fingerprint density at radius 2 is 2.00 bits per heavy atom. The van der Waals surface area contributed by atoms with Gasteiger partial charge in [-0.1, -0.05) is 13.3 Å². The monoisotopic (exact) mass is 155 g/mol. The van der Waals surface area contributed by atoms with Crippen molar-refractivity contribution in [3.8, 4) is 0 Å². The zero-order chi connectivity index (χ0) is 5.91. The van der Waals surface area contributed by atoms with Gasteiger partial charge in [-0.15, -0.1) is 22.2 Å². The fourth-order valence-corrected chi connectivity index (χ4v) is 1.73. The van der Waals surface area contributed by atoms with Gasteiger partial charge >= 0.3 is 0 Å². The number of hydrogen-bond acceptors (Lipinski definition) is 0. The lowest BCUT2D eigenvalue weighted by Crippen LogP contribution is -2.10. The maximum absolute atomic E-state index is 5.70. The molecule has 0 spiro atoms. The van der Waals surface area contributed by atoms with Gasteiger partial charge in [-0.3, -0.25) is 0 Å². The average Bonchev–Trinajstić information content (AvgIpc) is 1.30. The van der Waals surface area contributed by atoms with Gasteiger partial charge in [-0.2, -0.15) is 0 Å². The van der Waals surface area contributed by atoms with Crippen LogP contribution in [0.5, 0.6) is 0 Å². The molecule has 0 bridgehead atoms. The molecule has 0 aliphatic carbocycles. The summed E-state index contributed by atoms with van der Waals surface area (Å²) in [5.74, 6) is 0. The first-order valence-electron chi connectivity index (χ1n) is 2.23. The molecular formula is C4H9Cl2Si. The van der Waals surface area contributed by atoms with Crippen LogP contribution in [0.15, 0.2) is 0 Å². The maximum atomic E-state index is 5.70.